The van der Waals surface area contributed by atoms with Gasteiger partial charge in [0.1, 0.15) is 5.56 Å². The van der Waals surface area contributed by atoms with Crippen molar-refractivity contribution in [3.05, 3.63) is 65.9 Å². The zero-order chi connectivity index (χ0) is 18.8. The fourth-order valence-electron chi connectivity index (χ4n) is 3.18. The van der Waals surface area contributed by atoms with Gasteiger partial charge < -0.3 is 14.7 Å². The van der Waals surface area contributed by atoms with E-state index in [2.05, 4.69) is 15.4 Å². The molecule has 0 radical (unpaired) electrons. The third kappa shape index (κ3) is 3.53. The summed E-state index contributed by atoms with van der Waals surface area (Å²) in [7, 11) is 0. The summed E-state index contributed by atoms with van der Waals surface area (Å²) in [5.41, 5.74) is 2.13. The van der Waals surface area contributed by atoms with Gasteiger partial charge in [0.15, 0.2) is 17.4 Å². The second-order valence-electron chi connectivity index (χ2n) is 6.39. The molecule has 0 aliphatic carbocycles. The first-order valence-corrected chi connectivity index (χ1v) is 8.68. The van der Waals surface area contributed by atoms with Crippen molar-refractivity contribution in [2.24, 2.45) is 0 Å². The monoisotopic (exact) mass is 369 g/mol. The van der Waals surface area contributed by atoms with Crippen LogP contribution in [0.15, 0.2) is 53.2 Å². The summed E-state index contributed by atoms with van der Waals surface area (Å²) in [5.74, 6) is -2.35. The van der Waals surface area contributed by atoms with Crippen molar-refractivity contribution >= 4 is 17.3 Å². The molecule has 7 heteroatoms. The quantitative estimate of drug-likeness (QED) is 0.737. The van der Waals surface area contributed by atoms with Crippen LogP contribution in [0, 0.1) is 11.6 Å². The number of amides is 1. The first kappa shape index (κ1) is 17.2. The lowest BCUT2D eigenvalue weighted by molar-refractivity contribution is 0.102. The van der Waals surface area contributed by atoms with Crippen LogP contribution in [-0.2, 0) is 0 Å². The van der Waals surface area contributed by atoms with Crippen LogP contribution in [0.25, 0.3) is 11.3 Å². The molecule has 4 rings (SSSR count). The van der Waals surface area contributed by atoms with Crippen LogP contribution in [-0.4, -0.2) is 24.2 Å². The summed E-state index contributed by atoms with van der Waals surface area (Å²) >= 11 is 0. The van der Waals surface area contributed by atoms with Gasteiger partial charge >= 0.3 is 0 Å². The number of hydrogen-bond acceptors (Lipinski definition) is 4. The van der Waals surface area contributed by atoms with E-state index in [0.717, 1.165) is 30.9 Å². The Morgan fingerprint density at radius 3 is 2.48 bits per heavy atom. The number of halogens is 2. The van der Waals surface area contributed by atoms with Gasteiger partial charge in [-0.15, -0.1) is 0 Å². The fraction of sp³-hybridized carbons (Fsp3) is 0.200. The molecule has 1 amide bonds. The predicted molar refractivity (Wildman–Crippen MR) is 97.7 cm³/mol. The van der Waals surface area contributed by atoms with E-state index >= 15 is 0 Å². The van der Waals surface area contributed by atoms with E-state index in [-0.39, 0.29) is 16.9 Å². The Morgan fingerprint density at radius 2 is 1.78 bits per heavy atom. The number of nitrogens with one attached hydrogen (secondary N) is 1. The maximum atomic E-state index is 13.5. The molecule has 1 fully saturated rings. The van der Waals surface area contributed by atoms with E-state index < -0.39 is 17.5 Å². The van der Waals surface area contributed by atoms with Gasteiger partial charge in [-0.2, -0.15) is 0 Å². The average molecular weight is 369 g/mol. The minimum atomic E-state index is -1.02. The predicted octanol–water partition coefficient (Wildman–Crippen LogP) is 4.47. The number of hydrogen-bond donors (Lipinski definition) is 1. The molecule has 138 valence electrons. The van der Waals surface area contributed by atoms with E-state index in [1.54, 1.807) is 0 Å². The van der Waals surface area contributed by atoms with Crippen LogP contribution in [0.5, 0.6) is 0 Å². The van der Waals surface area contributed by atoms with Gasteiger partial charge in [-0.3, -0.25) is 4.79 Å². The van der Waals surface area contributed by atoms with Crippen molar-refractivity contribution in [1.82, 2.24) is 5.16 Å². The van der Waals surface area contributed by atoms with Crippen molar-refractivity contribution in [3.8, 4) is 11.3 Å². The number of benzene rings is 2. The van der Waals surface area contributed by atoms with Gasteiger partial charge in [0.2, 0.25) is 0 Å². The molecule has 1 aromatic heterocycles. The molecule has 0 bridgehead atoms. The Kier molecular flexibility index (Phi) is 4.58. The molecule has 1 aliphatic rings. The van der Waals surface area contributed by atoms with Crippen LogP contribution in [0.4, 0.5) is 20.2 Å². The van der Waals surface area contributed by atoms with Gasteiger partial charge in [0.05, 0.1) is 6.20 Å². The van der Waals surface area contributed by atoms with Gasteiger partial charge in [0.25, 0.3) is 5.91 Å². The number of anilines is 2. The summed E-state index contributed by atoms with van der Waals surface area (Å²) in [4.78, 5) is 14.9. The van der Waals surface area contributed by atoms with Gasteiger partial charge in [-0.25, -0.2) is 8.78 Å². The van der Waals surface area contributed by atoms with Crippen molar-refractivity contribution in [2.75, 3.05) is 23.3 Å². The molecule has 27 heavy (non-hydrogen) atoms. The summed E-state index contributed by atoms with van der Waals surface area (Å²) in [6.45, 7) is 2.09. The molecule has 1 N–H and O–H groups in total. The lowest BCUT2D eigenvalue weighted by atomic mass is 10.1. The van der Waals surface area contributed by atoms with Gasteiger partial charge in [-0.05, 0) is 55.3 Å². The molecule has 0 unspecified atom stereocenters. The standard InChI is InChI=1S/C20H17F2N3O2/c21-17-8-3-13(11-18(17)22)19-16(12-23-27-19)20(26)24-14-4-6-15(7-5-14)25-9-1-2-10-25/h3-8,11-12H,1-2,9-10H2,(H,24,26). The highest BCUT2D eigenvalue weighted by Gasteiger charge is 2.19. The largest absolute Gasteiger partial charge is 0.372 e. The zero-order valence-electron chi connectivity index (χ0n) is 14.4. The van der Waals surface area contributed by atoms with Crippen molar-refractivity contribution in [1.29, 1.82) is 0 Å². The van der Waals surface area contributed by atoms with Crippen LogP contribution >= 0.6 is 0 Å². The van der Waals surface area contributed by atoms with Crippen molar-refractivity contribution in [2.45, 2.75) is 12.8 Å². The third-order valence-electron chi connectivity index (χ3n) is 4.59. The minimum Gasteiger partial charge on any atom is -0.372 e. The Balaban J connectivity index is 1.52. The number of carbonyl (C=O) groups excluding carboxylic acids is 1. The molecule has 1 saturated heterocycles. The van der Waals surface area contributed by atoms with E-state index in [1.807, 2.05) is 24.3 Å². The molecule has 0 spiro atoms. The van der Waals surface area contributed by atoms with Crippen LogP contribution in [0.3, 0.4) is 0 Å². The van der Waals surface area contributed by atoms with E-state index in [1.165, 1.54) is 25.1 Å². The average Bonchev–Trinajstić information content (AvgIpc) is 3.36. The molecule has 2 heterocycles. The van der Waals surface area contributed by atoms with E-state index in [9.17, 15) is 13.6 Å². The lowest BCUT2D eigenvalue weighted by Crippen LogP contribution is -2.17. The molecule has 5 nitrogen and oxygen atoms in total. The molecule has 0 saturated carbocycles. The highest BCUT2D eigenvalue weighted by atomic mass is 19.2. The van der Waals surface area contributed by atoms with Crippen molar-refractivity contribution in [3.63, 3.8) is 0 Å². The molecular formula is C20H17F2N3O2. The van der Waals surface area contributed by atoms with Crippen LogP contribution in [0.2, 0.25) is 0 Å². The topological polar surface area (TPSA) is 58.4 Å². The third-order valence-corrected chi connectivity index (χ3v) is 4.59. The molecule has 0 atom stereocenters. The smallest absolute Gasteiger partial charge is 0.261 e. The van der Waals surface area contributed by atoms with Gasteiger partial charge in [0, 0.05) is 30.0 Å². The second-order valence-corrected chi connectivity index (χ2v) is 6.39. The maximum absolute atomic E-state index is 13.5. The summed E-state index contributed by atoms with van der Waals surface area (Å²) in [6, 6.07) is 10.9. The zero-order valence-corrected chi connectivity index (χ0v) is 14.4. The first-order valence-electron chi connectivity index (χ1n) is 8.68. The lowest BCUT2D eigenvalue weighted by Gasteiger charge is -2.17. The molecule has 1 aliphatic heterocycles. The number of aromatic nitrogens is 1. The number of carbonyl (C=O) groups is 1. The SMILES string of the molecule is O=C(Nc1ccc(N2CCCC2)cc1)c1cnoc1-c1ccc(F)c(F)c1. The van der Waals surface area contributed by atoms with Crippen LogP contribution < -0.4 is 10.2 Å². The fourth-order valence-corrected chi connectivity index (χ4v) is 3.18. The maximum Gasteiger partial charge on any atom is 0.261 e. The van der Waals surface area contributed by atoms with Crippen molar-refractivity contribution < 1.29 is 18.1 Å². The number of nitrogens with zero attached hydrogens (tertiary/aromatic N) is 2. The second kappa shape index (κ2) is 7.19. The molecule has 3 aromatic rings. The number of rotatable bonds is 4. The first-order chi connectivity index (χ1) is 13.1. The highest BCUT2D eigenvalue weighted by Crippen LogP contribution is 2.27. The Hall–Kier alpha value is -3.22. The summed E-state index contributed by atoms with van der Waals surface area (Å²) in [5, 5.41) is 6.39. The van der Waals surface area contributed by atoms with E-state index in [0.29, 0.717) is 5.69 Å². The summed E-state index contributed by atoms with van der Waals surface area (Å²) in [6.07, 6.45) is 3.64. The minimum absolute atomic E-state index is 0.0834. The Bertz CT molecular complexity index is 964. The van der Waals surface area contributed by atoms with Gasteiger partial charge in [-0.1, -0.05) is 5.16 Å². The summed E-state index contributed by atoms with van der Waals surface area (Å²) < 4.78 is 31.7. The Morgan fingerprint density at radius 1 is 1.04 bits per heavy atom. The molecular weight excluding hydrogens is 352 g/mol. The van der Waals surface area contributed by atoms with E-state index in [4.69, 9.17) is 4.52 Å². The molecule has 2 aromatic carbocycles. The Labute approximate surface area is 154 Å². The van der Waals surface area contributed by atoms with Crippen LogP contribution in [0.1, 0.15) is 23.2 Å². The normalized spacial score (nSPS) is 13.8. The highest BCUT2D eigenvalue weighted by molar-refractivity contribution is 6.07.